The Bertz CT molecular complexity index is 1470. The van der Waals surface area contributed by atoms with Gasteiger partial charge in [-0.05, 0) is 59.8 Å². The minimum Gasteiger partial charge on any atom is -0.497 e. The van der Waals surface area contributed by atoms with Crippen LogP contribution in [0.3, 0.4) is 0 Å². The molecule has 0 atom stereocenters. The van der Waals surface area contributed by atoms with Crippen LogP contribution in [0.15, 0.2) is 87.8 Å². The highest BCUT2D eigenvalue weighted by atomic mass is 32.1. The Hall–Kier alpha value is -3.97. The summed E-state index contributed by atoms with van der Waals surface area (Å²) in [6.07, 6.45) is 3.48. The third-order valence-electron chi connectivity index (χ3n) is 4.83. The Morgan fingerprint density at radius 3 is 2.61 bits per heavy atom. The molecule has 0 saturated carbocycles. The predicted octanol–water partition coefficient (Wildman–Crippen LogP) is 3.61. The largest absolute Gasteiger partial charge is 0.497 e. The monoisotopic (exact) mass is 426 g/mol. The van der Waals surface area contributed by atoms with Gasteiger partial charge in [0.1, 0.15) is 12.1 Å². The summed E-state index contributed by atoms with van der Waals surface area (Å²) in [6, 6.07) is 23.0. The van der Waals surface area contributed by atoms with Crippen LogP contribution in [0.4, 0.5) is 11.4 Å². The van der Waals surface area contributed by atoms with Gasteiger partial charge in [0.25, 0.3) is 0 Å². The molecule has 31 heavy (non-hydrogen) atoms. The highest BCUT2D eigenvalue weighted by molar-refractivity contribution is 7.10. The fourth-order valence-electron chi connectivity index (χ4n) is 3.28. The predicted molar refractivity (Wildman–Crippen MR) is 122 cm³/mol. The number of hydrogen-bond acceptors (Lipinski definition) is 6. The van der Waals surface area contributed by atoms with E-state index in [4.69, 9.17) is 9.73 Å². The van der Waals surface area contributed by atoms with E-state index in [-0.39, 0.29) is 5.88 Å². The standard InChI is InChI=1S/C24H18N4O2S/c1-30-19-10-8-18(9-11-19)28-23(29)22(31-24(28)27-17-5-3-2-4-6-17)14-16-7-12-20-21(13-16)26-15-25-20/h2-15,29H,1H3. The Kier molecular flexibility index (Phi) is 4.93. The zero-order chi connectivity index (χ0) is 21.2. The molecule has 1 aromatic heterocycles. The van der Waals surface area contributed by atoms with Crippen molar-refractivity contribution >= 4 is 35.1 Å². The minimum absolute atomic E-state index is 0.124. The van der Waals surface area contributed by atoms with Crippen LogP contribution in [0, 0.1) is 0 Å². The van der Waals surface area contributed by atoms with Crippen LogP contribution in [-0.2, 0) is 0 Å². The number of aromatic nitrogens is 1. The molecular formula is C24H18N4O2S. The van der Waals surface area contributed by atoms with Crippen LogP contribution < -0.4 is 20.1 Å². The molecule has 0 amide bonds. The molecule has 3 aromatic carbocycles. The van der Waals surface area contributed by atoms with Crippen molar-refractivity contribution in [2.24, 2.45) is 15.0 Å². The lowest BCUT2D eigenvalue weighted by molar-refractivity contribution is 0.414. The number of fused-ring (bicyclic) bond motifs is 1. The van der Waals surface area contributed by atoms with E-state index < -0.39 is 0 Å². The quantitative estimate of drug-likeness (QED) is 0.542. The van der Waals surface area contributed by atoms with E-state index in [9.17, 15) is 5.11 Å². The van der Waals surface area contributed by atoms with Crippen LogP contribution in [0.1, 0.15) is 4.88 Å². The summed E-state index contributed by atoms with van der Waals surface area (Å²) in [4.78, 5) is 14.6. The lowest BCUT2D eigenvalue weighted by Crippen LogP contribution is -2.11. The molecular weight excluding hydrogens is 408 g/mol. The van der Waals surface area contributed by atoms with Crippen LogP contribution in [0.2, 0.25) is 0 Å². The smallest absolute Gasteiger partial charge is 0.215 e. The molecule has 1 aliphatic heterocycles. The summed E-state index contributed by atoms with van der Waals surface area (Å²) in [7, 11) is 1.63. The van der Waals surface area contributed by atoms with E-state index in [1.165, 1.54) is 11.3 Å². The van der Waals surface area contributed by atoms with E-state index in [0.717, 1.165) is 33.4 Å². The van der Waals surface area contributed by atoms with Crippen molar-refractivity contribution in [2.75, 3.05) is 7.11 Å². The van der Waals surface area contributed by atoms with Crippen LogP contribution in [-0.4, -0.2) is 23.1 Å². The molecule has 4 aromatic rings. The molecule has 1 N–H and O–H groups in total. The van der Waals surface area contributed by atoms with E-state index in [0.29, 0.717) is 9.68 Å². The molecule has 2 heterocycles. The Labute approximate surface area is 182 Å². The van der Waals surface area contributed by atoms with Gasteiger partial charge in [-0.3, -0.25) is 4.57 Å². The van der Waals surface area contributed by atoms with Crippen molar-refractivity contribution in [1.29, 1.82) is 0 Å². The molecule has 1 aliphatic rings. The number of benzene rings is 3. The van der Waals surface area contributed by atoms with E-state index >= 15 is 0 Å². The van der Waals surface area contributed by atoms with Gasteiger partial charge in [-0.1, -0.05) is 35.6 Å². The zero-order valence-corrected chi connectivity index (χ0v) is 17.5. The molecule has 0 aliphatic carbocycles. The normalized spacial score (nSPS) is 13.3. The number of ether oxygens (including phenoxy) is 1. The molecule has 0 fully saturated rings. The van der Waals surface area contributed by atoms with Gasteiger partial charge in [-0.25, -0.2) is 15.0 Å². The SMILES string of the molecule is COc1ccc(-n2c(O)c(C=c3ccc4c(c3)N=CN=4)sc2=Nc2ccccc2)cc1. The third-order valence-corrected chi connectivity index (χ3v) is 5.80. The highest BCUT2D eigenvalue weighted by Gasteiger charge is 2.13. The van der Waals surface area contributed by atoms with Crippen LogP contribution in [0.5, 0.6) is 11.6 Å². The number of aromatic hydroxyl groups is 1. The summed E-state index contributed by atoms with van der Waals surface area (Å²) in [5, 5.41) is 12.9. The minimum atomic E-state index is 0.124. The molecule has 0 radical (unpaired) electrons. The van der Waals surface area contributed by atoms with Crippen molar-refractivity contribution in [2.45, 2.75) is 0 Å². The average molecular weight is 427 g/mol. The first-order valence-electron chi connectivity index (χ1n) is 9.62. The van der Waals surface area contributed by atoms with Gasteiger partial charge in [-0.2, -0.15) is 0 Å². The average Bonchev–Trinajstić information content (AvgIpc) is 3.39. The van der Waals surface area contributed by atoms with E-state index in [1.807, 2.05) is 78.9 Å². The second kappa shape index (κ2) is 8.04. The lowest BCUT2D eigenvalue weighted by atomic mass is 10.2. The number of thiazole rings is 1. The Morgan fingerprint density at radius 1 is 1.03 bits per heavy atom. The van der Waals surface area contributed by atoms with Crippen LogP contribution >= 0.6 is 11.3 Å². The number of aliphatic imine (C=N–C) groups is 1. The first kappa shape index (κ1) is 19.0. The fourth-order valence-corrected chi connectivity index (χ4v) is 4.29. The summed E-state index contributed by atoms with van der Waals surface area (Å²) < 4.78 is 7.00. The number of para-hydroxylation sites is 1. The summed E-state index contributed by atoms with van der Waals surface area (Å²) in [6.45, 7) is 0. The first-order chi connectivity index (χ1) is 15.2. The summed E-state index contributed by atoms with van der Waals surface area (Å²) >= 11 is 1.41. The topological polar surface area (TPSA) is 71.5 Å². The van der Waals surface area contributed by atoms with Gasteiger partial charge in [0.2, 0.25) is 5.88 Å². The number of hydrogen-bond donors (Lipinski definition) is 1. The first-order valence-corrected chi connectivity index (χ1v) is 10.4. The molecule has 0 saturated heterocycles. The molecule has 6 nitrogen and oxygen atoms in total. The van der Waals surface area contributed by atoms with E-state index in [2.05, 4.69) is 9.98 Å². The lowest BCUT2D eigenvalue weighted by Gasteiger charge is -2.06. The van der Waals surface area contributed by atoms with Crippen molar-refractivity contribution in [3.05, 3.63) is 93.1 Å². The Morgan fingerprint density at radius 2 is 1.84 bits per heavy atom. The van der Waals surface area contributed by atoms with Gasteiger partial charge >= 0.3 is 0 Å². The molecule has 0 bridgehead atoms. The molecule has 0 spiro atoms. The molecule has 5 rings (SSSR count). The van der Waals surface area contributed by atoms with Crippen molar-refractivity contribution in [3.63, 3.8) is 0 Å². The summed E-state index contributed by atoms with van der Waals surface area (Å²) in [5.41, 5.74) is 2.43. The zero-order valence-electron chi connectivity index (χ0n) is 16.6. The maximum atomic E-state index is 11.1. The van der Waals surface area contributed by atoms with Gasteiger partial charge < -0.3 is 9.84 Å². The highest BCUT2D eigenvalue weighted by Crippen LogP contribution is 2.26. The van der Waals surface area contributed by atoms with Gasteiger partial charge in [0, 0.05) is 0 Å². The fraction of sp³-hybridized carbons (Fsp3) is 0.0417. The number of methoxy groups -OCH3 is 1. The molecule has 152 valence electrons. The second-order valence-corrected chi connectivity index (χ2v) is 7.83. The second-order valence-electron chi connectivity index (χ2n) is 6.82. The number of nitrogens with zero attached hydrogens (tertiary/aromatic N) is 4. The van der Waals surface area contributed by atoms with Crippen molar-refractivity contribution in [1.82, 2.24) is 4.57 Å². The maximum absolute atomic E-state index is 11.1. The van der Waals surface area contributed by atoms with E-state index in [1.54, 1.807) is 18.0 Å². The maximum Gasteiger partial charge on any atom is 0.215 e. The van der Waals surface area contributed by atoms with Crippen molar-refractivity contribution in [3.8, 4) is 17.3 Å². The molecule has 0 unspecified atom stereocenters. The number of rotatable bonds is 4. The van der Waals surface area contributed by atoms with Gasteiger partial charge in [0.05, 0.1) is 34.4 Å². The summed E-state index contributed by atoms with van der Waals surface area (Å²) in [5.74, 6) is 0.870. The van der Waals surface area contributed by atoms with Crippen LogP contribution in [0.25, 0.3) is 11.8 Å². The van der Waals surface area contributed by atoms with Gasteiger partial charge in [-0.15, -0.1) is 0 Å². The van der Waals surface area contributed by atoms with Gasteiger partial charge in [0.15, 0.2) is 4.80 Å². The third kappa shape index (κ3) is 3.78. The Balaban J connectivity index is 1.70. The molecule has 7 heteroatoms. The van der Waals surface area contributed by atoms with Crippen molar-refractivity contribution < 1.29 is 9.84 Å².